The minimum Gasteiger partial charge on any atom is -0.403 e. The van der Waals surface area contributed by atoms with Crippen molar-refractivity contribution in [2.45, 2.75) is 131 Å². The molecule has 8 N–H and O–H groups in total. The molecule has 3 amide bonds. The zero-order valence-electron chi connectivity index (χ0n) is 34.2. The predicted octanol–water partition coefficient (Wildman–Crippen LogP) is 5.55. The molecule has 298 valence electrons. The number of aliphatic hydroxyl groups is 2. The summed E-state index contributed by atoms with van der Waals surface area (Å²) in [5.41, 5.74) is 11.4. The Bertz CT molecular complexity index is 1040. The Morgan fingerprint density at radius 2 is 1.55 bits per heavy atom. The van der Waals surface area contributed by atoms with Crippen molar-refractivity contribution >= 4 is 17.7 Å². The molecule has 1 aromatic carbocycles. The van der Waals surface area contributed by atoms with Crippen molar-refractivity contribution in [1.82, 2.24) is 15.5 Å². The van der Waals surface area contributed by atoms with Crippen molar-refractivity contribution in [1.29, 1.82) is 0 Å². The van der Waals surface area contributed by atoms with E-state index in [4.69, 9.17) is 15.6 Å². The molecular weight excluding hydrogens is 646 g/mol. The van der Waals surface area contributed by atoms with Gasteiger partial charge in [-0.15, -0.1) is 0 Å². The number of carbonyl (C=O) groups is 3. The molecule has 2 rings (SSSR count). The number of hydrogen-bond acceptors (Lipinski definition) is 8. The van der Waals surface area contributed by atoms with Gasteiger partial charge in [0.05, 0.1) is 30.2 Å². The van der Waals surface area contributed by atoms with Gasteiger partial charge in [0.1, 0.15) is 0 Å². The van der Waals surface area contributed by atoms with Crippen LogP contribution in [-0.2, 0) is 19.1 Å². The summed E-state index contributed by atoms with van der Waals surface area (Å²) < 4.78 is 5.77. The number of benzene rings is 1. The van der Waals surface area contributed by atoms with Gasteiger partial charge in [0.25, 0.3) is 0 Å². The molecule has 0 aliphatic carbocycles. The molecule has 5 unspecified atom stereocenters. The van der Waals surface area contributed by atoms with Gasteiger partial charge in [0.2, 0.25) is 17.7 Å². The van der Waals surface area contributed by atoms with Crippen LogP contribution in [0, 0.1) is 23.7 Å². The molecule has 1 aliphatic rings. The van der Waals surface area contributed by atoms with Crippen molar-refractivity contribution in [3.8, 4) is 0 Å². The standard InChI is InChI=1S/C26H42N2O4.C6H13NO.C6H13N.CH5N.CH4O/c1-6-18(2)12-10-16-23(29)28-17-11-15-22(28)25(32-5)19(3)26(31)27-20(4)24(30)21-13-8-7-9-14-21;1-5(2)4-6(8)7-3;1-5(2)4-6(3)7;2*1-2/h7-9,13-14,18-20,22,24-25,30H,6,10-12,15-17H2,1-5H3,(H,27,31);5H,4H2,1-3H3,(H,7,8);5H,3-4,7H2,1-2H3;2H2,1H3;2H,1H3/t18-,19?,20?,22?,24?,25?;;;;/m0..../s1. The average Bonchev–Trinajstić information content (AvgIpc) is 3.59. The van der Waals surface area contributed by atoms with Crippen LogP contribution in [0.25, 0.3) is 0 Å². The fourth-order valence-electron chi connectivity index (χ4n) is 5.61. The van der Waals surface area contributed by atoms with E-state index in [0.717, 1.165) is 63.4 Å². The minimum absolute atomic E-state index is 0.0915. The van der Waals surface area contributed by atoms with Crippen LogP contribution in [0.4, 0.5) is 0 Å². The average molecular weight is 724 g/mol. The highest BCUT2D eigenvalue weighted by atomic mass is 16.5. The molecule has 11 heteroatoms. The summed E-state index contributed by atoms with van der Waals surface area (Å²) in [5.74, 6) is 1.44. The van der Waals surface area contributed by atoms with Crippen molar-refractivity contribution in [2.24, 2.45) is 35.1 Å². The zero-order valence-corrected chi connectivity index (χ0v) is 34.2. The van der Waals surface area contributed by atoms with E-state index in [1.54, 1.807) is 21.1 Å². The Morgan fingerprint density at radius 3 is 1.96 bits per heavy atom. The number of amides is 3. The van der Waals surface area contributed by atoms with Crippen molar-refractivity contribution < 1.29 is 29.3 Å². The lowest BCUT2D eigenvalue weighted by Gasteiger charge is -2.34. The van der Waals surface area contributed by atoms with Crippen LogP contribution in [0.5, 0.6) is 0 Å². The van der Waals surface area contributed by atoms with Crippen molar-refractivity contribution in [3.63, 3.8) is 0 Å². The van der Waals surface area contributed by atoms with Gasteiger partial charge in [-0.3, -0.25) is 14.4 Å². The monoisotopic (exact) mass is 724 g/mol. The Morgan fingerprint density at radius 1 is 1.00 bits per heavy atom. The number of hydrogen-bond donors (Lipinski definition) is 6. The fraction of sp³-hybridized carbons (Fsp3) is 0.725. The molecule has 0 bridgehead atoms. The van der Waals surface area contributed by atoms with Gasteiger partial charge in [-0.05, 0) is 63.0 Å². The second-order valence-corrected chi connectivity index (χ2v) is 13.9. The minimum atomic E-state index is -0.789. The van der Waals surface area contributed by atoms with Gasteiger partial charge in [0, 0.05) is 46.4 Å². The van der Waals surface area contributed by atoms with E-state index < -0.39 is 18.1 Å². The van der Waals surface area contributed by atoms with Gasteiger partial charge in [-0.25, -0.2) is 0 Å². The van der Waals surface area contributed by atoms with E-state index in [-0.39, 0.29) is 29.9 Å². The molecule has 11 nitrogen and oxygen atoms in total. The fourth-order valence-corrected chi connectivity index (χ4v) is 5.61. The highest BCUT2D eigenvalue weighted by Crippen LogP contribution is 2.28. The Hall–Kier alpha value is -2.99. The number of rotatable bonds is 16. The maximum atomic E-state index is 13.0. The SMILES string of the molecule is C=C(N)CC(C)C.CC[C@H](C)CCCC(=O)N1CCCC1C(OC)C(C)C(=O)NC(C)C(O)c1ccccc1.CN.CNC(=O)CC(C)C.CO. The van der Waals surface area contributed by atoms with E-state index in [1.165, 1.54) is 7.05 Å². The molecule has 6 atom stereocenters. The van der Waals surface area contributed by atoms with Crippen LogP contribution in [0.1, 0.15) is 118 Å². The van der Waals surface area contributed by atoms with Crippen LogP contribution in [-0.4, -0.2) is 85.9 Å². The van der Waals surface area contributed by atoms with Crippen LogP contribution in [0.15, 0.2) is 42.6 Å². The first-order valence-corrected chi connectivity index (χ1v) is 18.6. The van der Waals surface area contributed by atoms with E-state index in [9.17, 15) is 19.5 Å². The number of ether oxygens (including phenoxy) is 1. The van der Waals surface area contributed by atoms with Crippen molar-refractivity contribution in [2.75, 3.05) is 34.9 Å². The number of allylic oxidation sites excluding steroid dienone is 1. The molecule has 1 fully saturated rings. The molecular formula is C40H77N5O6. The van der Waals surface area contributed by atoms with Crippen LogP contribution in [0.3, 0.4) is 0 Å². The molecule has 0 spiro atoms. The quantitative estimate of drug-likeness (QED) is 0.128. The third-order valence-corrected chi connectivity index (χ3v) is 8.49. The smallest absolute Gasteiger partial charge is 0.225 e. The van der Waals surface area contributed by atoms with Gasteiger partial charge in [-0.1, -0.05) is 98.2 Å². The molecule has 1 aromatic rings. The first-order chi connectivity index (χ1) is 24.1. The predicted molar refractivity (Wildman–Crippen MR) is 212 cm³/mol. The largest absolute Gasteiger partial charge is 0.403 e. The second kappa shape index (κ2) is 31.7. The summed E-state index contributed by atoms with van der Waals surface area (Å²) in [6.45, 7) is 20.6. The topological polar surface area (TPSA) is 180 Å². The number of nitrogens with one attached hydrogen (secondary N) is 2. The van der Waals surface area contributed by atoms with Crippen LogP contribution in [0.2, 0.25) is 0 Å². The summed E-state index contributed by atoms with van der Waals surface area (Å²) in [6.07, 6.45) is 5.84. The molecule has 1 aliphatic heterocycles. The zero-order chi connectivity index (χ0) is 40.1. The normalized spacial score (nSPS) is 16.2. The van der Waals surface area contributed by atoms with Gasteiger partial charge in [0.15, 0.2) is 0 Å². The van der Waals surface area contributed by atoms with E-state index in [0.29, 0.717) is 30.6 Å². The number of carbonyl (C=O) groups excluding carboxylic acids is 3. The van der Waals surface area contributed by atoms with Crippen molar-refractivity contribution in [3.05, 3.63) is 48.2 Å². The van der Waals surface area contributed by atoms with Gasteiger partial charge >= 0.3 is 0 Å². The summed E-state index contributed by atoms with van der Waals surface area (Å²) in [7, 11) is 5.77. The molecule has 1 saturated heterocycles. The Balaban J connectivity index is -0.000000997. The van der Waals surface area contributed by atoms with Gasteiger partial charge < -0.3 is 42.0 Å². The van der Waals surface area contributed by atoms with E-state index >= 15 is 0 Å². The van der Waals surface area contributed by atoms with Gasteiger partial charge in [-0.2, -0.15) is 0 Å². The lowest BCUT2D eigenvalue weighted by atomic mass is 9.93. The lowest BCUT2D eigenvalue weighted by molar-refractivity contribution is -0.140. The molecule has 1 heterocycles. The van der Waals surface area contributed by atoms with E-state index in [2.05, 4.69) is 50.6 Å². The third kappa shape index (κ3) is 24.0. The Kier molecular flexibility index (Phi) is 32.6. The van der Waals surface area contributed by atoms with E-state index in [1.807, 2.05) is 56.0 Å². The number of nitrogens with zero attached hydrogens (tertiary/aromatic N) is 1. The van der Waals surface area contributed by atoms with Crippen LogP contribution < -0.4 is 22.1 Å². The second-order valence-electron chi connectivity index (χ2n) is 13.9. The molecule has 0 saturated carbocycles. The Labute approximate surface area is 311 Å². The third-order valence-electron chi connectivity index (χ3n) is 8.49. The number of likely N-dealkylation sites (tertiary alicyclic amines) is 1. The lowest BCUT2D eigenvalue weighted by Crippen LogP contribution is -2.51. The maximum absolute atomic E-state index is 13.0. The number of methoxy groups -OCH3 is 1. The summed E-state index contributed by atoms with van der Waals surface area (Å²) >= 11 is 0. The first kappa shape index (κ1) is 52.4. The summed E-state index contributed by atoms with van der Waals surface area (Å²) in [6, 6.07) is 8.79. The van der Waals surface area contributed by atoms with Crippen LogP contribution >= 0.6 is 0 Å². The maximum Gasteiger partial charge on any atom is 0.225 e. The summed E-state index contributed by atoms with van der Waals surface area (Å²) in [5, 5.41) is 23.1. The number of aliphatic hydroxyl groups excluding tert-OH is 2. The molecule has 0 radical (unpaired) electrons. The molecule has 0 aromatic heterocycles. The summed E-state index contributed by atoms with van der Waals surface area (Å²) in [4.78, 5) is 38.3. The highest BCUT2D eigenvalue weighted by Gasteiger charge is 2.40. The number of nitrogens with two attached hydrogens (primary N) is 2. The first-order valence-electron chi connectivity index (χ1n) is 18.6. The molecule has 51 heavy (non-hydrogen) atoms. The highest BCUT2D eigenvalue weighted by molar-refractivity contribution is 5.80.